The molecule has 0 N–H and O–H groups in total. The van der Waals surface area contributed by atoms with E-state index in [1.165, 1.54) is 0 Å². The van der Waals surface area contributed by atoms with E-state index in [9.17, 15) is 0 Å². The molecular formula is C12H14ClN3O. The van der Waals surface area contributed by atoms with Gasteiger partial charge in [-0.1, -0.05) is 11.6 Å². The van der Waals surface area contributed by atoms with Gasteiger partial charge >= 0.3 is 0 Å². The summed E-state index contributed by atoms with van der Waals surface area (Å²) in [5, 5.41) is 9.38. The van der Waals surface area contributed by atoms with Crippen molar-refractivity contribution in [2.45, 2.75) is 26.0 Å². The summed E-state index contributed by atoms with van der Waals surface area (Å²) in [5.41, 5.74) is 0.461. The molecule has 1 fully saturated rings. The van der Waals surface area contributed by atoms with Crippen molar-refractivity contribution in [3.05, 3.63) is 22.8 Å². The number of anilines is 1. The molecule has 4 nitrogen and oxygen atoms in total. The third-order valence-electron chi connectivity index (χ3n) is 2.87. The Morgan fingerprint density at radius 3 is 3.06 bits per heavy atom. The van der Waals surface area contributed by atoms with Gasteiger partial charge in [-0.15, -0.1) is 0 Å². The fourth-order valence-electron chi connectivity index (χ4n) is 1.92. The van der Waals surface area contributed by atoms with Crippen LogP contribution in [-0.2, 0) is 4.74 Å². The van der Waals surface area contributed by atoms with E-state index in [4.69, 9.17) is 21.6 Å². The number of hydrogen-bond acceptors (Lipinski definition) is 4. The van der Waals surface area contributed by atoms with Crippen molar-refractivity contribution in [3.63, 3.8) is 0 Å². The first-order chi connectivity index (χ1) is 8.13. The molecule has 0 spiro atoms. The predicted molar refractivity (Wildman–Crippen MR) is 66.2 cm³/mol. The van der Waals surface area contributed by atoms with E-state index in [1.807, 2.05) is 6.92 Å². The second kappa shape index (κ2) is 4.91. The van der Waals surface area contributed by atoms with E-state index in [-0.39, 0.29) is 12.1 Å². The lowest BCUT2D eigenvalue weighted by Crippen LogP contribution is -2.48. The van der Waals surface area contributed by atoms with Crippen LogP contribution in [-0.4, -0.2) is 30.3 Å². The monoisotopic (exact) mass is 251 g/mol. The van der Waals surface area contributed by atoms with E-state index in [0.717, 1.165) is 6.54 Å². The number of nitriles is 1. The maximum absolute atomic E-state index is 8.95. The molecule has 0 aromatic carbocycles. The third-order valence-corrected chi connectivity index (χ3v) is 3.24. The highest BCUT2D eigenvalue weighted by atomic mass is 35.5. The molecule has 0 aliphatic carbocycles. The first-order valence-corrected chi connectivity index (χ1v) is 5.94. The van der Waals surface area contributed by atoms with Crippen LogP contribution in [0.25, 0.3) is 0 Å². The van der Waals surface area contributed by atoms with Crippen molar-refractivity contribution in [1.82, 2.24) is 4.98 Å². The van der Waals surface area contributed by atoms with Gasteiger partial charge in [-0.25, -0.2) is 4.98 Å². The average Bonchev–Trinajstić information content (AvgIpc) is 2.33. The molecule has 2 atom stereocenters. The number of rotatable bonds is 1. The van der Waals surface area contributed by atoms with Crippen LogP contribution < -0.4 is 4.90 Å². The summed E-state index contributed by atoms with van der Waals surface area (Å²) in [6.07, 6.45) is 1.77. The van der Waals surface area contributed by atoms with Gasteiger partial charge in [0, 0.05) is 12.7 Å². The molecule has 1 aromatic heterocycles. The lowest BCUT2D eigenvalue weighted by molar-refractivity contribution is 0.0340. The Morgan fingerprint density at radius 2 is 2.35 bits per heavy atom. The molecule has 17 heavy (non-hydrogen) atoms. The summed E-state index contributed by atoms with van der Waals surface area (Å²) >= 11 is 6.19. The van der Waals surface area contributed by atoms with Crippen LogP contribution in [0, 0.1) is 11.3 Å². The highest BCUT2D eigenvalue weighted by Gasteiger charge is 2.26. The van der Waals surface area contributed by atoms with Crippen molar-refractivity contribution < 1.29 is 4.74 Å². The minimum atomic E-state index is 0.148. The van der Waals surface area contributed by atoms with Crippen LogP contribution in [0.4, 0.5) is 5.82 Å². The first kappa shape index (κ1) is 12.2. The van der Waals surface area contributed by atoms with E-state index in [1.54, 1.807) is 12.3 Å². The van der Waals surface area contributed by atoms with Gasteiger partial charge in [0.05, 0.1) is 24.3 Å². The van der Waals surface area contributed by atoms with Gasteiger partial charge in [0.25, 0.3) is 0 Å². The lowest BCUT2D eigenvalue weighted by atomic mass is 10.2. The fraction of sp³-hybridized carbons (Fsp3) is 0.500. The zero-order valence-corrected chi connectivity index (χ0v) is 10.6. The van der Waals surface area contributed by atoms with Gasteiger partial charge in [0.1, 0.15) is 16.9 Å². The Kier molecular flexibility index (Phi) is 3.51. The second-order valence-corrected chi connectivity index (χ2v) is 4.63. The smallest absolute Gasteiger partial charge is 0.149 e. The number of hydrogen-bond donors (Lipinski definition) is 0. The molecule has 90 valence electrons. The first-order valence-electron chi connectivity index (χ1n) is 5.56. The standard InChI is InChI=1S/C12H14ClN3O/c1-8-7-17-9(2)6-16(8)12-11(13)10(5-14)3-4-15-12/h3-4,8-9H,6-7H2,1-2H3. The Balaban J connectivity index is 2.36. The maximum Gasteiger partial charge on any atom is 0.149 e. The number of ether oxygens (including phenoxy) is 1. The summed E-state index contributed by atoms with van der Waals surface area (Å²) in [7, 11) is 0. The normalized spacial score (nSPS) is 24.5. The molecule has 2 heterocycles. The summed E-state index contributed by atoms with van der Waals surface area (Å²) in [4.78, 5) is 6.38. The second-order valence-electron chi connectivity index (χ2n) is 4.25. The number of pyridine rings is 1. The van der Waals surface area contributed by atoms with Gasteiger partial charge in [-0.2, -0.15) is 5.26 Å². The molecule has 1 aliphatic heterocycles. The van der Waals surface area contributed by atoms with Crippen molar-refractivity contribution >= 4 is 17.4 Å². The summed E-state index contributed by atoms with van der Waals surface area (Å²) in [6, 6.07) is 3.91. The molecule has 1 aromatic rings. The van der Waals surface area contributed by atoms with Crippen molar-refractivity contribution in [2.75, 3.05) is 18.1 Å². The largest absolute Gasteiger partial charge is 0.375 e. The quantitative estimate of drug-likeness (QED) is 0.768. The van der Waals surface area contributed by atoms with E-state index >= 15 is 0 Å². The van der Waals surface area contributed by atoms with E-state index in [0.29, 0.717) is 23.0 Å². The number of halogens is 1. The topological polar surface area (TPSA) is 49.2 Å². The van der Waals surface area contributed by atoms with Gasteiger partial charge in [-0.05, 0) is 19.9 Å². The molecule has 5 heteroatoms. The van der Waals surface area contributed by atoms with Crippen molar-refractivity contribution in [2.24, 2.45) is 0 Å². The molecule has 0 radical (unpaired) electrons. The molecule has 0 saturated carbocycles. The highest BCUT2D eigenvalue weighted by Crippen LogP contribution is 2.29. The number of nitrogens with zero attached hydrogens (tertiary/aromatic N) is 3. The maximum atomic E-state index is 8.95. The number of aromatic nitrogens is 1. The predicted octanol–water partition coefficient (Wildman–Crippen LogP) is 2.22. The minimum Gasteiger partial charge on any atom is -0.375 e. The SMILES string of the molecule is CC1CN(c2nccc(C#N)c2Cl)C(C)CO1. The fourth-order valence-corrected chi connectivity index (χ4v) is 2.18. The van der Waals surface area contributed by atoms with Crippen LogP contribution >= 0.6 is 11.6 Å². The molecule has 0 bridgehead atoms. The molecule has 1 saturated heterocycles. The van der Waals surface area contributed by atoms with Crippen molar-refractivity contribution in [3.8, 4) is 6.07 Å². The Bertz CT molecular complexity index is 458. The highest BCUT2D eigenvalue weighted by molar-refractivity contribution is 6.34. The van der Waals surface area contributed by atoms with Gasteiger partial charge < -0.3 is 9.64 Å². The molecule has 1 aliphatic rings. The van der Waals surface area contributed by atoms with Crippen LogP contribution in [0.5, 0.6) is 0 Å². The summed E-state index contributed by atoms with van der Waals surface area (Å²) < 4.78 is 5.56. The Labute approximate surface area is 106 Å². The Morgan fingerprint density at radius 1 is 1.59 bits per heavy atom. The van der Waals surface area contributed by atoms with E-state index < -0.39 is 0 Å². The molecule has 0 amide bonds. The zero-order valence-electron chi connectivity index (χ0n) is 9.85. The third kappa shape index (κ3) is 2.36. The molecule has 2 unspecified atom stereocenters. The van der Waals surface area contributed by atoms with Crippen LogP contribution in [0.1, 0.15) is 19.4 Å². The average molecular weight is 252 g/mol. The summed E-state index contributed by atoms with van der Waals surface area (Å²) in [5.74, 6) is 0.674. The molecule has 2 rings (SSSR count). The van der Waals surface area contributed by atoms with E-state index in [2.05, 4.69) is 22.9 Å². The number of morpholine rings is 1. The summed E-state index contributed by atoms with van der Waals surface area (Å²) in [6.45, 7) is 5.46. The van der Waals surface area contributed by atoms with Gasteiger partial charge in [-0.3, -0.25) is 0 Å². The zero-order chi connectivity index (χ0) is 12.4. The van der Waals surface area contributed by atoms with Crippen LogP contribution in [0.3, 0.4) is 0 Å². The lowest BCUT2D eigenvalue weighted by Gasteiger charge is -2.38. The minimum absolute atomic E-state index is 0.148. The molecular weight excluding hydrogens is 238 g/mol. The Hall–Kier alpha value is -1.31. The van der Waals surface area contributed by atoms with Crippen molar-refractivity contribution in [1.29, 1.82) is 5.26 Å². The van der Waals surface area contributed by atoms with Gasteiger partial charge in [0.15, 0.2) is 0 Å². The van der Waals surface area contributed by atoms with Crippen LogP contribution in [0.2, 0.25) is 5.02 Å². The van der Waals surface area contributed by atoms with Crippen LogP contribution in [0.15, 0.2) is 12.3 Å². The van der Waals surface area contributed by atoms with Gasteiger partial charge in [0.2, 0.25) is 0 Å².